The van der Waals surface area contributed by atoms with Crippen molar-refractivity contribution >= 4 is 5.91 Å². The lowest BCUT2D eigenvalue weighted by atomic mass is 9.99. The summed E-state index contributed by atoms with van der Waals surface area (Å²) in [6.07, 6.45) is 25.0. The SMILES string of the molecule is CCCCCCCCC/C=C/CCCC[C@@H](O)[C@H](CO[C@@H]1O[C@H](CO)[C@@H](O)C(O)C1O)NC(=O)CCCCCCCCCCCCCC. The number of hydrogen-bond donors (Lipinski definition) is 6. The molecule has 0 spiro atoms. The van der Waals surface area contributed by atoms with E-state index in [4.69, 9.17) is 9.47 Å². The van der Waals surface area contributed by atoms with E-state index in [2.05, 4.69) is 31.3 Å². The quantitative estimate of drug-likeness (QED) is 0.0328. The van der Waals surface area contributed by atoms with Crippen molar-refractivity contribution in [2.24, 2.45) is 0 Å². The second kappa shape index (κ2) is 30.7. The predicted octanol–water partition coefficient (Wildman–Crippen LogP) is 7.00. The monoisotopic (exact) mass is 686 g/mol. The zero-order valence-corrected chi connectivity index (χ0v) is 30.7. The number of amides is 1. The number of hydrogen-bond acceptors (Lipinski definition) is 8. The van der Waals surface area contributed by atoms with Gasteiger partial charge in [0.1, 0.15) is 24.4 Å². The van der Waals surface area contributed by atoms with E-state index in [0.717, 1.165) is 44.9 Å². The van der Waals surface area contributed by atoms with Gasteiger partial charge < -0.3 is 40.3 Å². The standard InChI is InChI=1S/C39H75NO8/c1-3-5-7-9-11-13-15-17-18-20-22-24-26-28-33(42)32(31-47-39-38(46)37(45)36(44)34(30-41)48-39)40-35(43)29-27-25-23-21-19-16-14-12-10-8-6-4-2/h18,20,32-34,36-39,41-42,44-46H,3-17,19,21-31H2,1-2H3,(H,40,43)/b20-18+/t32-,33+,34+,36+,37?,38?,39+/m0/s1. The molecule has 1 saturated heterocycles. The van der Waals surface area contributed by atoms with Crippen LogP contribution in [0.3, 0.4) is 0 Å². The molecule has 1 heterocycles. The van der Waals surface area contributed by atoms with Crippen LogP contribution in [0.15, 0.2) is 12.2 Å². The van der Waals surface area contributed by atoms with Crippen molar-refractivity contribution < 1.29 is 39.8 Å². The van der Waals surface area contributed by atoms with Gasteiger partial charge in [0, 0.05) is 6.42 Å². The van der Waals surface area contributed by atoms with Crippen LogP contribution < -0.4 is 5.32 Å². The fourth-order valence-electron chi connectivity index (χ4n) is 6.33. The maximum Gasteiger partial charge on any atom is 0.220 e. The van der Waals surface area contributed by atoms with Crippen LogP contribution in [0.4, 0.5) is 0 Å². The van der Waals surface area contributed by atoms with E-state index in [-0.39, 0.29) is 12.5 Å². The van der Waals surface area contributed by atoms with Gasteiger partial charge in [-0.2, -0.15) is 0 Å². The molecule has 1 rings (SSSR count). The van der Waals surface area contributed by atoms with Gasteiger partial charge in [0.05, 0.1) is 25.4 Å². The Labute approximate surface area is 293 Å². The third kappa shape index (κ3) is 21.9. The molecule has 48 heavy (non-hydrogen) atoms. The van der Waals surface area contributed by atoms with Crippen molar-refractivity contribution in [3.63, 3.8) is 0 Å². The van der Waals surface area contributed by atoms with Crippen molar-refractivity contribution in [1.29, 1.82) is 0 Å². The van der Waals surface area contributed by atoms with Gasteiger partial charge in [-0.25, -0.2) is 0 Å². The summed E-state index contributed by atoms with van der Waals surface area (Å²) < 4.78 is 11.2. The van der Waals surface area contributed by atoms with Gasteiger partial charge in [-0.1, -0.05) is 142 Å². The molecule has 9 heteroatoms. The summed E-state index contributed by atoms with van der Waals surface area (Å²) in [4.78, 5) is 12.9. The summed E-state index contributed by atoms with van der Waals surface area (Å²) in [7, 11) is 0. The lowest BCUT2D eigenvalue weighted by Gasteiger charge is -2.40. The molecule has 0 radical (unpaired) electrons. The first-order valence-electron chi connectivity index (χ1n) is 19.9. The van der Waals surface area contributed by atoms with Crippen molar-refractivity contribution in [1.82, 2.24) is 5.32 Å². The summed E-state index contributed by atoms with van der Waals surface area (Å²) in [6.45, 7) is 3.78. The highest BCUT2D eigenvalue weighted by Crippen LogP contribution is 2.23. The van der Waals surface area contributed by atoms with Crippen molar-refractivity contribution in [3.8, 4) is 0 Å². The molecule has 284 valence electrons. The van der Waals surface area contributed by atoms with Crippen LogP contribution >= 0.6 is 0 Å². The van der Waals surface area contributed by atoms with E-state index >= 15 is 0 Å². The molecule has 1 amide bonds. The highest BCUT2D eigenvalue weighted by Gasteiger charge is 2.44. The smallest absolute Gasteiger partial charge is 0.220 e. The van der Waals surface area contributed by atoms with Crippen LogP contribution in [0.1, 0.15) is 174 Å². The van der Waals surface area contributed by atoms with E-state index in [1.54, 1.807) is 0 Å². The van der Waals surface area contributed by atoms with E-state index in [1.165, 1.54) is 103 Å². The van der Waals surface area contributed by atoms with Gasteiger partial charge in [-0.15, -0.1) is 0 Å². The van der Waals surface area contributed by atoms with Crippen LogP contribution in [0.25, 0.3) is 0 Å². The highest BCUT2D eigenvalue weighted by molar-refractivity contribution is 5.76. The van der Waals surface area contributed by atoms with Gasteiger partial charge in [-0.05, 0) is 38.5 Å². The van der Waals surface area contributed by atoms with E-state index in [9.17, 15) is 30.3 Å². The summed E-state index contributed by atoms with van der Waals surface area (Å²) in [5, 5.41) is 54.0. The Morgan fingerprint density at radius 3 is 1.69 bits per heavy atom. The van der Waals surface area contributed by atoms with E-state index in [0.29, 0.717) is 12.8 Å². The molecule has 1 fully saturated rings. The summed E-state index contributed by atoms with van der Waals surface area (Å²) in [6, 6.07) is -0.727. The average molecular weight is 686 g/mol. The zero-order valence-electron chi connectivity index (χ0n) is 30.7. The van der Waals surface area contributed by atoms with Crippen molar-refractivity contribution in [3.05, 3.63) is 12.2 Å². The molecular weight excluding hydrogens is 610 g/mol. The maximum absolute atomic E-state index is 12.9. The number of nitrogens with one attached hydrogen (secondary N) is 1. The van der Waals surface area contributed by atoms with Gasteiger partial charge in [0.15, 0.2) is 6.29 Å². The first kappa shape index (κ1) is 45.0. The highest BCUT2D eigenvalue weighted by atomic mass is 16.7. The minimum Gasteiger partial charge on any atom is -0.394 e. The Morgan fingerprint density at radius 1 is 0.688 bits per heavy atom. The first-order chi connectivity index (χ1) is 23.3. The largest absolute Gasteiger partial charge is 0.394 e. The topological polar surface area (TPSA) is 149 Å². The Kier molecular flexibility index (Phi) is 28.8. The molecular formula is C39H75NO8. The predicted molar refractivity (Wildman–Crippen MR) is 194 cm³/mol. The number of aliphatic hydroxyl groups excluding tert-OH is 5. The van der Waals surface area contributed by atoms with E-state index in [1.807, 2.05) is 0 Å². The molecule has 0 aromatic rings. The summed E-state index contributed by atoms with van der Waals surface area (Å²) in [5.74, 6) is -0.156. The first-order valence-corrected chi connectivity index (χ1v) is 19.9. The Morgan fingerprint density at radius 2 is 1.17 bits per heavy atom. The van der Waals surface area contributed by atoms with Crippen LogP contribution in [0.2, 0.25) is 0 Å². The van der Waals surface area contributed by atoms with Crippen LogP contribution in [0, 0.1) is 0 Å². The minimum absolute atomic E-state index is 0.146. The zero-order chi connectivity index (χ0) is 35.2. The summed E-state index contributed by atoms with van der Waals surface area (Å²) >= 11 is 0. The number of allylic oxidation sites excluding steroid dienone is 2. The van der Waals surface area contributed by atoms with Gasteiger partial charge in [-0.3, -0.25) is 4.79 Å². The molecule has 1 aliphatic heterocycles. The third-order valence-corrected chi connectivity index (χ3v) is 9.62. The molecule has 0 aromatic heterocycles. The lowest BCUT2D eigenvalue weighted by Crippen LogP contribution is -2.60. The number of unbranched alkanes of at least 4 members (excludes halogenated alkanes) is 20. The molecule has 1 aliphatic rings. The van der Waals surface area contributed by atoms with E-state index < -0.39 is 49.5 Å². The Balaban J connectivity index is 2.43. The fraction of sp³-hybridized carbons (Fsp3) is 0.923. The van der Waals surface area contributed by atoms with Gasteiger partial charge in [0.25, 0.3) is 0 Å². The molecule has 0 aliphatic carbocycles. The third-order valence-electron chi connectivity index (χ3n) is 9.62. The number of carbonyl (C=O) groups is 1. The number of ether oxygens (including phenoxy) is 2. The lowest BCUT2D eigenvalue weighted by molar-refractivity contribution is -0.302. The number of rotatable bonds is 32. The van der Waals surface area contributed by atoms with Crippen LogP contribution in [-0.2, 0) is 14.3 Å². The molecule has 6 N–H and O–H groups in total. The molecule has 0 saturated carbocycles. The number of aliphatic hydroxyl groups is 5. The van der Waals surface area contributed by atoms with Crippen molar-refractivity contribution in [2.45, 2.75) is 217 Å². The molecule has 7 atom stereocenters. The molecule has 0 bridgehead atoms. The van der Waals surface area contributed by atoms with Crippen LogP contribution in [-0.4, -0.2) is 87.5 Å². The Hall–Kier alpha value is -1.07. The second-order valence-electron chi connectivity index (χ2n) is 14.1. The molecule has 0 aromatic carbocycles. The average Bonchev–Trinajstić information content (AvgIpc) is 3.08. The fourth-order valence-corrected chi connectivity index (χ4v) is 6.33. The Bertz CT molecular complexity index is 766. The summed E-state index contributed by atoms with van der Waals surface area (Å²) in [5.41, 5.74) is 0. The molecule has 9 nitrogen and oxygen atoms in total. The van der Waals surface area contributed by atoms with Gasteiger partial charge in [0.2, 0.25) is 5.91 Å². The molecule has 2 unspecified atom stereocenters. The maximum atomic E-state index is 12.9. The van der Waals surface area contributed by atoms with Crippen molar-refractivity contribution in [2.75, 3.05) is 13.2 Å². The number of carbonyl (C=O) groups excluding carboxylic acids is 1. The minimum atomic E-state index is -1.55. The van der Waals surface area contributed by atoms with Crippen LogP contribution in [0.5, 0.6) is 0 Å². The second-order valence-corrected chi connectivity index (χ2v) is 14.1. The van der Waals surface area contributed by atoms with Gasteiger partial charge >= 0.3 is 0 Å². The normalized spacial score (nSPS) is 22.7.